The van der Waals surface area contributed by atoms with Crippen LogP contribution in [0.4, 0.5) is 0 Å². The van der Waals surface area contributed by atoms with Crippen LogP contribution >= 0.6 is 0 Å². The highest BCUT2D eigenvalue weighted by atomic mass is 14.9. The van der Waals surface area contributed by atoms with Gasteiger partial charge < -0.3 is 10.6 Å². The summed E-state index contributed by atoms with van der Waals surface area (Å²) >= 11 is 0. The van der Waals surface area contributed by atoms with E-state index in [1.54, 1.807) is 0 Å². The van der Waals surface area contributed by atoms with Gasteiger partial charge in [-0.15, -0.1) is 13.2 Å². The Morgan fingerprint density at radius 1 is 0.814 bits per heavy atom. The Morgan fingerprint density at radius 2 is 1.44 bits per heavy atom. The standard InChI is InChI=1S/C20H30N2.C16H17N.C2H6.C2H4/c1-7-8-16(3)22-19(6)17(4)18(5)21-14-13-20-11-9-15(2)10-12-20;1-12-7-6-8-14(11-12)16-10-5-4-9-15(16)13(2)17-3;2*1-2/h9-12,21H,5,7-8,13-14H2,1-4,6H3;4-11,17H,2H2,1,3H3;1-2H3;1-2H2/b19-17+,22-16?;;;. The fourth-order valence-corrected chi connectivity index (χ4v) is 4.20. The van der Waals surface area contributed by atoms with Gasteiger partial charge in [-0.2, -0.15) is 0 Å². The number of hydrogen-bond donors (Lipinski definition) is 2. The molecule has 232 valence electrons. The molecule has 0 bridgehead atoms. The fraction of sp³-hybridized carbons (Fsp3) is 0.325. The molecule has 3 heteroatoms. The Balaban J connectivity index is 0.000000751. The van der Waals surface area contributed by atoms with E-state index in [9.17, 15) is 0 Å². The van der Waals surface area contributed by atoms with Crippen LogP contribution in [0.2, 0.25) is 0 Å². The maximum atomic E-state index is 4.66. The first-order valence-electron chi connectivity index (χ1n) is 15.4. The van der Waals surface area contributed by atoms with Crippen molar-refractivity contribution in [2.45, 2.75) is 74.7 Å². The van der Waals surface area contributed by atoms with Crippen molar-refractivity contribution in [1.29, 1.82) is 0 Å². The van der Waals surface area contributed by atoms with Crippen LogP contribution in [0.15, 0.2) is 121 Å². The van der Waals surface area contributed by atoms with Gasteiger partial charge >= 0.3 is 0 Å². The lowest BCUT2D eigenvalue weighted by Crippen LogP contribution is -2.17. The molecule has 2 N–H and O–H groups in total. The van der Waals surface area contributed by atoms with Gasteiger partial charge in [0, 0.05) is 42.0 Å². The average molecular weight is 580 g/mol. The van der Waals surface area contributed by atoms with E-state index in [2.05, 4.69) is 150 Å². The Kier molecular flexibility index (Phi) is 20.3. The lowest BCUT2D eigenvalue weighted by atomic mass is 9.97. The first-order valence-corrected chi connectivity index (χ1v) is 15.4. The van der Waals surface area contributed by atoms with Crippen LogP contribution in [-0.4, -0.2) is 19.3 Å². The number of rotatable bonds is 11. The molecule has 0 aromatic heterocycles. The van der Waals surface area contributed by atoms with Crippen molar-refractivity contribution >= 4 is 11.4 Å². The lowest BCUT2D eigenvalue weighted by Gasteiger charge is -2.12. The predicted octanol–water partition coefficient (Wildman–Crippen LogP) is 10.9. The molecule has 0 amide bonds. The molecule has 0 atom stereocenters. The third-order valence-corrected chi connectivity index (χ3v) is 6.72. The molecule has 3 rings (SSSR count). The molecule has 0 fully saturated rings. The van der Waals surface area contributed by atoms with Gasteiger partial charge in [0.25, 0.3) is 0 Å². The van der Waals surface area contributed by atoms with Gasteiger partial charge in [0.1, 0.15) is 0 Å². The monoisotopic (exact) mass is 579 g/mol. The van der Waals surface area contributed by atoms with Crippen molar-refractivity contribution in [3.8, 4) is 11.1 Å². The summed E-state index contributed by atoms with van der Waals surface area (Å²) in [5.41, 5.74) is 12.8. The summed E-state index contributed by atoms with van der Waals surface area (Å²) in [7, 11) is 1.90. The van der Waals surface area contributed by atoms with Crippen LogP contribution in [0, 0.1) is 13.8 Å². The topological polar surface area (TPSA) is 36.4 Å². The van der Waals surface area contributed by atoms with Gasteiger partial charge in [0.05, 0.1) is 0 Å². The minimum atomic E-state index is 0.893. The number of benzene rings is 3. The van der Waals surface area contributed by atoms with Crippen molar-refractivity contribution < 1.29 is 0 Å². The number of aryl methyl sites for hydroxylation is 2. The number of nitrogens with zero attached hydrogens (tertiary/aromatic N) is 1. The van der Waals surface area contributed by atoms with Crippen molar-refractivity contribution in [3.05, 3.63) is 138 Å². The van der Waals surface area contributed by atoms with Crippen LogP contribution < -0.4 is 10.6 Å². The highest BCUT2D eigenvalue weighted by Crippen LogP contribution is 2.27. The number of aliphatic imine (C=N–C) groups is 1. The van der Waals surface area contributed by atoms with Crippen LogP contribution in [0.3, 0.4) is 0 Å². The zero-order valence-electron chi connectivity index (χ0n) is 28.5. The van der Waals surface area contributed by atoms with E-state index >= 15 is 0 Å². The summed E-state index contributed by atoms with van der Waals surface area (Å²) in [6, 6.07) is 25.5. The molecule has 43 heavy (non-hydrogen) atoms. The van der Waals surface area contributed by atoms with Gasteiger partial charge in [0.2, 0.25) is 0 Å². The van der Waals surface area contributed by atoms with E-state index in [4.69, 9.17) is 0 Å². The van der Waals surface area contributed by atoms with Crippen LogP contribution in [0.5, 0.6) is 0 Å². The van der Waals surface area contributed by atoms with E-state index in [1.807, 2.05) is 27.0 Å². The third-order valence-electron chi connectivity index (χ3n) is 6.72. The summed E-state index contributed by atoms with van der Waals surface area (Å²) < 4.78 is 0. The maximum absolute atomic E-state index is 4.66. The van der Waals surface area contributed by atoms with E-state index in [1.165, 1.54) is 33.5 Å². The summed E-state index contributed by atoms with van der Waals surface area (Å²) in [5.74, 6) is 0. The summed E-state index contributed by atoms with van der Waals surface area (Å²) in [6.07, 6.45) is 3.19. The normalized spacial score (nSPS) is 10.8. The summed E-state index contributed by atoms with van der Waals surface area (Å²) in [6.45, 7) is 31.7. The molecule has 0 spiro atoms. The Hall–Kier alpha value is -4.11. The number of allylic oxidation sites excluding steroid dienone is 2. The van der Waals surface area contributed by atoms with Crippen molar-refractivity contribution in [3.63, 3.8) is 0 Å². The zero-order valence-corrected chi connectivity index (χ0v) is 28.5. The van der Waals surface area contributed by atoms with Crippen molar-refractivity contribution in [1.82, 2.24) is 10.6 Å². The van der Waals surface area contributed by atoms with Crippen LogP contribution in [0.25, 0.3) is 16.8 Å². The Bertz CT molecular complexity index is 1310. The summed E-state index contributed by atoms with van der Waals surface area (Å²) in [5, 5.41) is 6.52. The largest absolute Gasteiger partial charge is 0.388 e. The van der Waals surface area contributed by atoms with Gasteiger partial charge in [0.15, 0.2) is 0 Å². The molecule has 3 nitrogen and oxygen atoms in total. The molecule has 0 radical (unpaired) electrons. The van der Waals surface area contributed by atoms with Crippen LogP contribution in [-0.2, 0) is 6.42 Å². The lowest BCUT2D eigenvalue weighted by molar-refractivity contribution is 0.793. The third kappa shape index (κ3) is 14.6. The molecule has 0 saturated heterocycles. The van der Waals surface area contributed by atoms with E-state index in [0.29, 0.717) is 0 Å². The molecule has 0 aliphatic carbocycles. The number of nitrogens with one attached hydrogen (secondary N) is 2. The SMILES string of the molecule is C=C.C=C(NC)c1ccccc1-c1cccc(C)c1.C=C(NCCc1ccc(C)cc1)/C(C)=C(\C)N=C(C)CCC.CC. The van der Waals surface area contributed by atoms with Crippen molar-refractivity contribution in [2.24, 2.45) is 4.99 Å². The average Bonchev–Trinajstić information content (AvgIpc) is 3.03. The molecule has 0 unspecified atom stereocenters. The Morgan fingerprint density at radius 3 is 2.02 bits per heavy atom. The second-order valence-electron chi connectivity index (χ2n) is 10.1. The van der Waals surface area contributed by atoms with Gasteiger partial charge in [-0.1, -0.05) is 124 Å². The minimum absolute atomic E-state index is 0.893. The molecule has 3 aromatic carbocycles. The van der Waals surface area contributed by atoms with E-state index in [-0.39, 0.29) is 0 Å². The maximum Gasteiger partial charge on any atom is 0.0421 e. The summed E-state index contributed by atoms with van der Waals surface area (Å²) in [4.78, 5) is 4.66. The first kappa shape index (κ1) is 38.9. The molecular formula is C40H57N3. The van der Waals surface area contributed by atoms with Gasteiger partial charge in [-0.3, -0.25) is 4.99 Å². The highest BCUT2D eigenvalue weighted by molar-refractivity contribution is 5.83. The molecular weight excluding hydrogens is 522 g/mol. The van der Waals surface area contributed by atoms with Crippen LogP contribution in [0.1, 0.15) is 76.6 Å². The molecule has 0 saturated carbocycles. The zero-order chi connectivity index (χ0) is 32.8. The predicted molar refractivity (Wildman–Crippen MR) is 196 cm³/mol. The first-order chi connectivity index (χ1) is 20.7. The molecule has 0 heterocycles. The van der Waals surface area contributed by atoms with Gasteiger partial charge in [-0.25, -0.2) is 0 Å². The quantitative estimate of drug-likeness (QED) is 0.135. The van der Waals surface area contributed by atoms with Crippen molar-refractivity contribution in [2.75, 3.05) is 13.6 Å². The highest BCUT2D eigenvalue weighted by Gasteiger charge is 2.06. The van der Waals surface area contributed by atoms with E-state index in [0.717, 1.165) is 54.0 Å². The molecule has 3 aromatic rings. The smallest absolute Gasteiger partial charge is 0.0421 e. The minimum Gasteiger partial charge on any atom is -0.388 e. The molecule has 0 aliphatic heterocycles. The fourth-order valence-electron chi connectivity index (χ4n) is 4.20. The Labute approximate surface area is 264 Å². The second kappa shape index (κ2) is 22.5. The number of hydrogen-bond acceptors (Lipinski definition) is 3. The van der Waals surface area contributed by atoms with E-state index < -0.39 is 0 Å². The van der Waals surface area contributed by atoms with Gasteiger partial charge in [-0.05, 0) is 69.7 Å². The molecule has 0 aliphatic rings. The second-order valence-corrected chi connectivity index (χ2v) is 10.1.